The third-order valence-corrected chi connectivity index (χ3v) is 3.40. The first-order valence-electron chi connectivity index (χ1n) is 7.21. The van der Waals surface area contributed by atoms with Gasteiger partial charge >= 0.3 is 0 Å². The summed E-state index contributed by atoms with van der Waals surface area (Å²) in [5, 5.41) is 14.2. The van der Waals surface area contributed by atoms with Crippen molar-refractivity contribution in [1.82, 2.24) is 0 Å². The van der Waals surface area contributed by atoms with E-state index in [2.05, 4.69) is 11.8 Å². The van der Waals surface area contributed by atoms with Crippen molar-refractivity contribution in [1.29, 1.82) is 0 Å². The van der Waals surface area contributed by atoms with E-state index in [1.807, 2.05) is 60.7 Å². The minimum Gasteiger partial charge on any atom is -0.872 e. The van der Waals surface area contributed by atoms with Gasteiger partial charge in [0.05, 0.1) is 0 Å². The van der Waals surface area contributed by atoms with Crippen LogP contribution in [0.5, 0.6) is 0 Å². The smallest absolute Gasteiger partial charge is 0.228 e. The Labute approximate surface area is 134 Å². The van der Waals surface area contributed by atoms with Gasteiger partial charge in [0, 0.05) is 5.56 Å². The first kappa shape index (κ1) is 14.6. The van der Waals surface area contributed by atoms with Crippen LogP contribution in [0.4, 0.5) is 0 Å². The number of hydrogen-bond acceptors (Lipinski definition) is 2. The molecular formula is C21H13O2-. The average Bonchev–Trinajstić information content (AvgIpc) is 2.60. The first-order chi connectivity index (χ1) is 11.2. The molecule has 0 fully saturated rings. The molecule has 0 amide bonds. The van der Waals surface area contributed by atoms with E-state index < -0.39 is 5.78 Å². The minimum atomic E-state index is -0.494. The van der Waals surface area contributed by atoms with Gasteiger partial charge in [-0.15, -0.1) is 0 Å². The summed E-state index contributed by atoms with van der Waals surface area (Å²) in [7, 11) is 0. The number of ketones is 1. The SMILES string of the molecule is O=C(C#Cc1ccccc1)/C=C(\[O-])c1ccc2ccccc2c1. The van der Waals surface area contributed by atoms with Crippen LogP contribution in [0.2, 0.25) is 0 Å². The maximum absolute atomic E-state index is 12.2. The molecule has 2 heteroatoms. The van der Waals surface area contributed by atoms with E-state index in [1.165, 1.54) is 0 Å². The van der Waals surface area contributed by atoms with E-state index in [-0.39, 0.29) is 5.76 Å². The predicted molar refractivity (Wildman–Crippen MR) is 90.3 cm³/mol. The van der Waals surface area contributed by atoms with Crippen LogP contribution in [0.25, 0.3) is 16.5 Å². The van der Waals surface area contributed by atoms with Gasteiger partial charge in [0.15, 0.2) is 0 Å². The number of carbonyl (C=O) groups excluding carboxylic acids is 1. The number of allylic oxidation sites excluding steroid dienone is 1. The van der Waals surface area contributed by atoms with Crippen LogP contribution in [0.15, 0.2) is 78.9 Å². The Morgan fingerprint density at radius 1 is 0.870 bits per heavy atom. The van der Waals surface area contributed by atoms with Crippen molar-refractivity contribution in [3.63, 3.8) is 0 Å². The van der Waals surface area contributed by atoms with Crippen molar-refractivity contribution >= 4 is 22.3 Å². The highest BCUT2D eigenvalue weighted by Crippen LogP contribution is 2.18. The molecule has 2 nitrogen and oxygen atoms in total. The summed E-state index contributed by atoms with van der Waals surface area (Å²) in [5.74, 6) is 4.40. The van der Waals surface area contributed by atoms with Crippen molar-refractivity contribution in [3.05, 3.63) is 90.0 Å². The standard InChI is InChI=1S/C21H14O2/c22-20(13-10-16-6-2-1-3-7-16)15-21(23)19-12-11-17-8-4-5-9-18(17)14-19/h1-9,11-12,14-15,23H/p-1/b21-15-. The summed E-state index contributed by atoms with van der Waals surface area (Å²) >= 11 is 0. The molecule has 0 bridgehead atoms. The van der Waals surface area contributed by atoms with Gasteiger partial charge in [-0.25, -0.2) is 0 Å². The summed E-state index contributed by atoms with van der Waals surface area (Å²) in [5.41, 5.74) is 1.23. The first-order valence-corrected chi connectivity index (χ1v) is 7.21. The van der Waals surface area contributed by atoms with Crippen molar-refractivity contribution < 1.29 is 9.90 Å². The van der Waals surface area contributed by atoms with Crippen LogP contribution >= 0.6 is 0 Å². The van der Waals surface area contributed by atoms with Gasteiger partial charge in [-0.3, -0.25) is 4.79 Å². The molecule has 0 aliphatic rings. The summed E-state index contributed by atoms with van der Waals surface area (Å²) < 4.78 is 0. The molecule has 3 aromatic carbocycles. The van der Waals surface area contributed by atoms with Gasteiger partial charge in [0.1, 0.15) is 0 Å². The molecule has 0 spiro atoms. The van der Waals surface area contributed by atoms with Gasteiger partial charge in [-0.2, -0.15) is 0 Å². The Balaban J connectivity index is 1.83. The van der Waals surface area contributed by atoms with Gasteiger partial charge < -0.3 is 5.11 Å². The normalized spacial score (nSPS) is 10.9. The predicted octanol–water partition coefficient (Wildman–Crippen LogP) is 3.16. The van der Waals surface area contributed by atoms with Crippen molar-refractivity contribution in [3.8, 4) is 11.8 Å². The largest absolute Gasteiger partial charge is 0.872 e. The Morgan fingerprint density at radius 3 is 2.35 bits per heavy atom. The van der Waals surface area contributed by atoms with Gasteiger partial charge in [0.25, 0.3) is 0 Å². The monoisotopic (exact) mass is 297 g/mol. The maximum Gasteiger partial charge on any atom is 0.228 e. The molecule has 0 saturated heterocycles. The zero-order chi connectivity index (χ0) is 16.1. The third kappa shape index (κ3) is 3.66. The van der Waals surface area contributed by atoms with Gasteiger partial charge in [-0.05, 0) is 46.5 Å². The molecule has 0 aromatic heterocycles. The number of hydrogen-bond donors (Lipinski definition) is 0. The van der Waals surface area contributed by atoms with E-state index >= 15 is 0 Å². The Hall–Kier alpha value is -3.31. The van der Waals surface area contributed by atoms with Crippen LogP contribution < -0.4 is 5.11 Å². The fourth-order valence-electron chi connectivity index (χ4n) is 2.24. The lowest BCUT2D eigenvalue weighted by Crippen LogP contribution is -2.05. The van der Waals surface area contributed by atoms with Gasteiger partial charge in [0.2, 0.25) is 5.78 Å². The highest BCUT2D eigenvalue weighted by atomic mass is 16.3. The average molecular weight is 297 g/mol. The van der Waals surface area contributed by atoms with Crippen LogP contribution in [0, 0.1) is 11.8 Å². The Bertz CT molecular complexity index is 941. The number of fused-ring (bicyclic) bond motifs is 1. The zero-order valence-corrected chi connectivity index (χ0v) is 12.3. The fraction of sp³-hybridized carbons (Fsp3) is 0. The van der Waals surface area contributed by atoms with E-state index in [0.717, 1.165) is 22.4 Å². The molecular weight excluding hydrogens is 284 g/mol. The molecule has 23 heavy (non-hydrogen) atoms. The fourth-order valence-corrected chi connectivity index (χ4v) is 2.24. The highest BCUT2D eigenvalue weighted by molar-refractivity contribution is 6.08. The topological polar surface area (TPSA) is 40.1 Å². The number of rotatable bonds is 2. The lowest BCUT2D eigenvalue weighted by Gasteiger charge is -2.12. The molecule has 110 valence electrons. The second-order valence-corrected chi connectivity index (χ2v) is 5.05. The summed E-state index contributed by atoms with van der Waals surface area (Å²) in [6, 6.07) is 22.3. The van der Waals surface area contributed by atoms with Crippen molar-refractivity contribution in [2.75, 3.05) is 0 Å². The molecule has 0 atom stereocenters. The third-order valence-electron chi connectivity index (χ3n) is 3.40. The van der Waals surface area contributed by atoms with E-state index in [4.69, 9.17) is 0 Å². The maximum atomic E-state index is 12.2. The van der Waals surface area contributed by atoms with Crippen LogP contribution in [-0.4, -0.2) is 5.78 Å². The number of benzene rings is 3. The molecule has 3 rings (SSSR count). The number of carbonyl (C=O) groups is 1. The second-order valence-electron chi connectivity index (χ2n) is 5.05. The summed E-state index contributed by atoms with van der Waals surface area (Å²) in [6.07, 6.45) is 1.04. The molecule has 3 aromatic rings. The van der Waals surface area contributed by atoms with E-state index in [0.29, 0.717) is 5.56 Å². The Kier molecular flexibility index (Phi) is 4.22. The molecule has 0 heterocycles. The van der Waals surface area contributed by atoms with Gasteiger partial charge in [-0.1, -0.05) is 66.3 Å². The van der Waals surface area contributed by atoms with Crippen molar-refractivity contribution in [2.45, 2.75) is 0 Å². The molecule has 0 saturated carbocycles. The summed E-state index contributed by atoms with van der Waals surface area (Å²) in [4.78, 5) is 11.8. The van der Waals surface area contributed by atoms with Crippen molar-refractivity contribution in [2.24, 2.45) is 0 Å². The minimum absolute atomic E-state index is 0.330. The quantitative estimate of drug-likeness (QED) is 0.414. The highest BCUT2D eigenvalue weighted by Gasteiger charge is 1.97. The van der Waals surface area contributed by atoms with Crippen LogP contribution in [0.3, 0.4) is 0 Å². The summed E-state index contributed by atoms with van der Waals surface area (Å²) in [6.45, 7) is 0. The second kappa shape index (κ2) is 6.64. The lowest BCUT2D eigenvalue weighted by atomic mass is 10.1. The molecule has 0 N–H and O–H groups in total. The Morgan fingerprint density at radius 2 is 1.57 bits per heavy atom. The van der Waals surface area contributed by atoms with E-state index in [1.54, 1.807) is 12.1 Å². The molecule has 0 aliphatic carbocycles. The molecule has 0 radical (unpaired) electrons. The zero-order valence-electron chi connectivity index (χ0n) is 12.3. The molecule has 0 aliphatic heterocycles. The van der Waals surface area contributed by atoms with Crippen LogP contribution in [0.1, 0.15) is 11.1 Å². The molecule has 0 unspecified atom stereocenters. The van der Waals surface area contributed by atoms with E-state index in [9.17, 15) is 9.90 Å². The van der Waals surface area contributed by atoms with Crippen LogP contribution in [-0.2, 0) is 4.79 Å². The lowest BCUT2D eigenvalue weighted by molar-refractivity contribution is -0.243.